The third-order valence-corrected chi connectivity index (χ3v) is 6.23. The number of nitrogens with zero attached hydrogens (tertiary/aromatic N) is 2. The molecule has 4 aromatic rings. The fourth-order valence-corrected chi connectivity index (χ4v) is 4.52. The van der Waals surface area contributed by atoms with Crippen molar-refractivity contribution in [1.29, 1.82) is 0 Å². The quantitative estimate of drug-likeness (QED) is 0.443. The number of hydrogen-bond donors (Lipinski definition) is 1. The lowest BCUT2D eigenvalue weighted by atomic mass is 10.0. The van der Waals surface area contributed by atoms with Gasteiger partial charge in [-0.25, -0.2) is 4.98 Å². The Morgan fingerprint density at radius 1 is 1.03 bits per heavy atom. The first-order chi connectivity index (χ1) is 15.0. The highest BCUT2D eigenvalue weighted by molar-refractivity contribution is 7.84. The van der Waals surface area contributed by atoms with Gasteiger partial charge in [-0.15, -0.1) is 0 Å². The maximum absolute atomic E-state index is 13.1. The largest absolute Gasteiger partial charge is 0.497 e. The van der Waals surface area contributed by atoms with Gasteiger partial charge >= 0.3 is 0 Å². The van der Waals surface area contributed by atoms with Crippen LogP contribution in [-0.4, -0.2) is 41.2 Å². The van der Waals surface area contributed by atoms with Crippen LogP contribution in [0.3, 0.4) is 0 Å². The second kappa shape index (κ2) is 8.73. The van der Waals surface area contributed by atoms with Gasteiger partial charge in [0.25, 0.3) is 0 Å². The van der Waals surface area contributed by atoms with Crippen molar-refractivity contribution in [2.24, 2.45) is 0 Å². The fraction of sp³-hybridized carbons (Fsp3) is 0.167. The minimum absolute atomic E-state index is 0.0632. The summed E-state index contributed by atoms with van der Waals surface area (Å²) in [6.45, 7) is 0. The van der Waals surface area contributed by atoms with Gasteiger partial charge < -0.3 is 14.6 Å². The van der Waals surface area contributed by atoms with Crippen LogP contribution in [0.2, 0.25) is 0 Å². The molecule has 1 unspecified atom stereocenters. The predicted octanol–water partition coefficient (Wildman–Crippen LogP) is 4.18. The van der Waals surface area contributed by atoms with Gasteiger partial charge in [0, 0.05) is 30.9 Å². The highest BCUT2D eigenvalue weighted by Crippen LogP contribution is 2.27. The van der Waals surface area contributed by atoms with Crippen molar-refractivity contribution < 1.29 is 13.7 Å². The Bertz CT molecular complexity index is 1270. The summed E-state index contributed by atoms with van der Waals surface area (Å²) in [5.41, 5.74) is 4.42. The molecule has 3 aromatic carbocycles. The summed E-state index contributed by atoms with van der Waals surface area (Å²) in [5, 5.41) is 0.381. The first kappa shape index (κ1) is 20.8. The molecule has 1 heterocycles. The number of carbonyl (C=O) groups is 1. The molecule has 0 saturated carbocycles. The van der Waals surface area contributed by atoms with Gasteiger partial charge in [-0.2, -0.15) is 0 Å². The first-order valence-corrected chi connectivity index (χ1v) is 11.1. The number of methoxy groups -OCH3 is 1. The molecule has 0 aliphatic rings. The molecule has 0 spiro atoms. The van der Waals surface area contributed by atoms with Crippen LogP contribution in [0.15, 0.2) is 71.9 Å². The van der Waals surface area contributed by atoms with Crippen LogP contribution in [0.4, 0.5) is 5.69 Å². The monoisotopic (exact) mass is 433 g/mol. The molecule has 0 saturated heterocycles. The highest BCUT2D eigenvalue weighted by Gasteiger charge is 2.16. The van der Waals surface area contributed by atoms with E-state index in [0.29, 0.717) is 38.8 Å². The topological polar surface area (TPSA) is 75.3 Å². The summed E-state index contributed by atoms with van der Waals surface area (Å²) in [5.74, 6) is 0.943. The average molecular weight is 434 g/mol. The average Bonchev–Trinajstić information content (AvgIpc) is 3.22. The Morgan fingerprint density at radius 2 is 1.81 bits per heavy atom. The molecule has 6 nitrogen and oxygen atoms in total. The smallest absolute Gasteiger partial charge is 0.197 e. The molecular weight excluding hydrogens is 410 g/mol. The van der Waals surface area contributed by atoms with E-state index in [0.717, 1.165) is 11.3 Å². The number of aromatic nitrogens is 2. The van der Waals surface area contributed by atoms with E-state index in [9.17, 15) is 9.00 Å². The SMILES string of the molecule is COc1ccc(N(C)C)c(CS(=O)c2nc3ccc(C(=O)c4ccccc4)cc3[nH]2)c1. The zero-order valence-electron chi connectivity index (χ0n) is 17.6. The standard InChI is InChI=1S/C24H23N3O3S/c1-27(2)22-12-10-19(30-3)13-18(22)15-31(29)24-25-20-11-9-17(14-21(20)26-24)23(28)16-7-5-4-6-8-16/h4-14H,15H2,1-3H3,(H,25,26). The Balaban J connectivity index is 1.62. The van der Waals surface area contributed by atoms with Crippen LogP contribution in [-0.2, 0) is 16.6 Å². The lowest BCUT2D eigenvalue weighted by Crippen LogP contribution is -2.12. The number of hydrogen-bond acceptors (Lipinski definition) is 5. The van der Waals surface area contributed by atoms with Gasteiger partial charge in [-0.1, -0.05) is 30.3 Å². The molecule has 1 aromatic heterocycles. The summed E-state index contributed by atoms with van der Waals surface area (Å²) in [7, 11) is 4.11. The van der Waals surface area contributed by atoms with Gasteiger partial charge in [-0.05, 0) is 42.0 Å². The molecule has 7 heteroatoms. The molecular formula is C24H23N3O3S. The number of H-pyrrole nitrogens is 1. The van der Waals surface area contributed by atoms with Crippen molar-refractivity contribution in [2.75, 3.05) is 26.1 Å². The summed E-state index contributed by atoms with van der Waals surface area (Å²) in [4.78, 5) is 22.3. The number of ketones is 1. The van der Waals surface area contributed by atoms with Crippen LogP contribution < -0.4 is 9.64 Å². The van der Waals surface area contributed by atoms with Crippen LogP contribution in [0.1, 0.15) is 21.5 Å². The van der Waals surface area contributed by atoms with Gasteiger partial charge in [0.2, 0.25) is 0 Å². The number of benzene rings is 3. The van der Waals surface area contributed by atoms with E-state index in [4.69, 9.17) is 4.74 Å². The van der Waals surface area contributed by atoms with Crippen molar-refractivity contribution in [2.45, 2.75) is 10.9 Å². The van der Waals surface area contributed by atoms with Crippen LogP contribution in [0.25, 0.3) is 11.0 Å². The Kier molecular flexibility index (Phi) is 5.86. The van der Waals surface area contributed by atoms with Crippen molar-refractivity contribution in [3.63, 3.8) is 0 Å². The number of ether oxygens (including phenoxy) is 1. The molecule has 0 fully saturated rings. The van der Waals surface area contributed by atoms with Gasteiger partial charge in [-0.3, -0.25) is 9.00 Å². The minimum Gasteiger partial charge on any atom is -0.497 e. The zero-order chi connectivity index (χ0) is 22.0. The summed E-state index contributed by atoms with van der Waals surface area (Å²) in [6, 6.07) is 20.1. The summed E-state index contributed by atoms with van der Waals surface area (Å²) < 4.78 is 18.4. The number of imidazole rings is 1. The number of nitrogens with one attached hydrogen (secondary N) is 1. The highest BCUT2D eigenvalue weighted by atomic mass is 32.2. The van der Waals surface area contributed by atoms with E-state index in [1.165, 1.54) is 0 Å². The number of rotatable bonds is 7. The maximum Gasteiger partial charge on any atom is 0.197 e. The third kappa shape index (κ3) is 4.36. The van der Waals surface area contributed by atoms with E-state index < -0.39 is 10.8 Å². The fourth-order valence-electron chi connectivity index (χ4n) is 3.44. The van der Waals surface area contributed by atoms with Crippen molar-refractivity contribution in [1.82, 2.24) is 9.97 Å². The maximum atomic E-state index is 13.1. The van der Waals surface area contributed by atoms with Gasteiger partial charge in [0.1, 0.15) is 5.75 Å². The molecule has 1 N–H and O–H groups in total. The molecule has 1 atom stereocenters. The van der Waals surface area contributed by atoms with Crippen LogP contribution in [0, 0.1) is 0 Å². The lowest BCUT2D eigenvalue weighted by molar-refractivity contribution is 0.103. The normalized spacial score (nSPS) is 12.0. The van der Waals surface area contributed by atoms with Crippen LogP contribution in [0.5, 0.6) is 5.75 Å². The summed E-state index contributed by atoms with van der Waals surface area (Å²) >= 11 is 0. The minimum atomic E-state index is -1.39. The van der Waals surface area contributed by atoms with E-state index >= 15 is 0 Å². The Labute approximate surface area is 183 Å². The van der Waals surface area contributed by atoms with Crippen LogP contribution >= 0.6 is 0 Å². The molecule has 0 radical (unpaired) electrons. The Hall–Kier alpha value is -3.45. The molecule has 4 rings (SSSR count). The van der Waals surface area contributed by atoms with Crippen molar-refractivity contribution in [3.8, 4) is 5.75 Å². The number of aromatic amines is 1. The Morgan fingerprint density at radius 3 is 2.52 bits per heavy atom. The number of anilines is 1. The predicted molar refractivity (Wildman–Crippen MR) is 123 cm³/mol. The molecule has 0 aliphatic carbocycles. The van der Waals surface area contributed by atoms with Crippen molar-refractivity contribution in [3.05, 3.63) is 83.4 Å². The second-order valence-electron chi connectivity index (χ2n) is 7.35. The lowest BCUT2D eigenvalue weighted by Gasteiger charge is -2.18. The van der Waals surface area contributed by atoms with E-state index in [1.54, 1.807) is 37.4 Å². The third-order valence-electron chi connectivity index (χ3n) is 5.03. The molecule has 0 aliphatic heterocycles. The van der Waals surface area contributed by atoms with E-state index in [-0.39, 0.29) is 5.78 Å². The van der Waals surface area contributed by atoms with E-state index in [2.05, 4.69) is 9.97 Å². The number of carbonyl (C=O) groups excluding carboxylic acids is 1. The molecule has 0 amide bonds. The number of fused-ring (bicyclic) bond motifs is 1. The van der Waals surface area contributed by atoms with Crippen molar-refractivity contribution >= 4 is 33.3 Å². The molecule has 158 valence electrons. The zero-order valence-corrected chi connectivity index (χ0v) is 18.4. The van der Waals surface area contributed by atoms with Gasteiger partial charge in [0.15, 0.2) is 10.9 Å². The first-order valence-electron chi connectivity index (χ1n) is 9.78. The molecule has 0 bridgehead atoms. The summed E-state index contributed by atoms with van der Waals surface area (Å²) in [6.07, 6.45) is 0. The van der Waals surface area contributed by atoms with Gasteiger partial charge in [0.05, 0.1) is 34.7 Å². The second-order valence-corrected chi connectivity index (χ2v) is 8.71. The van der Waals surface area contributed by atoms with E-state index in [1.807, 2.05) is 55.4 Å². The molecule has 31 heavy (non-hydrogen) atoms.